The highest BCUT2D eigenvalue weighted by Gasteiger charge is 2.60. The first-order valence-corrected chi connectivity index (χ1v) is 9.13. The number of rotatable bonds is 6. The molecule has 7 nitrogen and oxygen atoms in total. The first-order chi connectivity index (χ1) is 14.4. The van der Waals surface area contributed by atoms with E-state index in [1.807, 2.05) is 24.3 Å². The van der Waals surface area contributed by atoms with Crippen molar-refractivity contribution in [1.82, 2.24) is 20.1 Å². The molecule has 0 spiro atoms. The molecule has 156 valence electrons. The predicted molar refractivity (Wildman–Crippen MR) is 102 cm³/mol. The van der Waals surface area contributed by atoms with Crippen molar-refractivity contribution in [1.29, 1.82) is 0 Å². The van der Waals surface area contributed by atoms with Gasteiger partial charge >= 0.3 is 12.0 Å². The van der Waals surface area contributed by atoms with Crippen molar-refractivity contribution in [2.24, 2.45) is 5.16 Å². The van der Waals surface area contributed by atoms with Gasteiger partial charge in [-0.3, -0.25) is 0 Å². The lowest BCUT2D eigenvalue weighted by Crippen LogP contribution is -2.45. The standard InChI is InChI=1S/C20H18F3N5O2/c21-20(22,23)19(29)9-17(27-30-19)15-7-5-14(6-8-15)10-24-11-16-3-1-2-4-18(16)28-13-25-12-26-28/h1-8,12-13,24,29H,9-11H2. The average Bonchev–Trinajstić information content (AvgIpc) is 3.39. The molecule has 2 heterocycles. The highest BCUT2D eigenvalue weighted by atomic mass is 19.4. The first-order valence-electron chi connectivity index (χ1n) is 9.13. The summed E-state index contributed by atoms with van der Waals surface area (Å²) in [6.07, 6.45) is -2.55. The summed E-state index contributed by atoms with van der Waals surface area (Å²) < 4.78 is 40.2. The lowest BCUT2D eigenvalue weighted by atomic mass is 10.0. The van der Waals surface area contributed by atoms with Crippen molar-refractivity contribution in [2.45, 2.75) is 31.5 Å². The van der Waals surface area contributed by atoms with Gasteiger partial charge in [-0.25, -0.2) is 9.67 Å². The maximum atomic E-state index is 12.8. The quantitative estimate of drug-likeness (QED) is 0.644. The van der Waals surface area contributed by atoms with E-state index in [2.05, 4.69) is 25.4 Å². The van der Waals surface area contributed by atoms with Gasteiger partial charge in [-0.15, -0.1) is 0 Å². The van der Waals surface area contributed by atoms with Crippen molar-refractivity contribution in [3.63, 3.8) is 0 Å². The van der Waals surface area contributed by atoms with E-state index in [1.54, 1.807) is 35.3 Å². The Morgan fingerprint density at radius 1 is 1.10 bits per heavy atom. The predicted octanol–water partition coefficient (Wildman–Crippen LogP) is 2.93. The maximum absolute atomic E-state index is 12.8. The van der Waals surface area contributed by atoms with Crippen LogP contribution in [0.15, 0.2) is 66.3 Å². The Bertz CT molecular complexity index is 1040. The zero-order valence-electron chi connectivity index (χ0n) is 15.7. The van der Waals surface area contributed by atoms with Crippen LogP contribution < -0.4 is 5.32 Å². The lowest BCUT2D eigenvalue weighted by Gasteiger charge is -2.22. The van der Waals surface area contributed by atoms with Gasteiger partial charge in [-0.05, 0) is 22.8 Å². The van der Waals surface area contributed by atoms with Crippen LogP contribution in [0.1, 0.15) is 23.1 Å². The van der Waals surface area contributed by atoms with Crippen LogP contribution in [0.3, 0.4) is 0 Å². The van der Waals surface area contributed by atoms with Gasteiger partial charge in [0, 0.05) is 13.1 Å². The summed E-state index contributed by atoms with van der Waals surface area (Å²) in [4.78, 5) is 8.22. The lowest BCUT2D eigenvalue weighted by molar-refractivity contribution is -0.355. The molecule has 0 bridgehead atoms. The van der Waals surface area contributed by atoms with Crippen LogP contribution in [0.25, 0.3) is 5.69 Å². The number of halogens is 3. The van der Waals surface area contributed by atoms with E-state index in [4.69, 9.17) is 0 Å². The molecule has 0 amide bonds. The van der Waals surface area contributed by atoms with Gasteiger partial charge in [-0.2, -0.15) is 18.3 Å². The largest absolute Gasteiger partial charge is 0.458 e. The molecule has 1 aliphatic rings. The third-order valence-electron chi connectivity index (χ3n) is 4.75. The zero-order chi connectivity index (χ0) is 21.2. The van der Waals surface area contributed by atoms with Crippen molar-refractivity contribution in [3.05, 3.63) is 77.9 Å². The highest BCUT2D eigenvalue weighted by molar-refractivity contribution is 6.01. The molecule has 2 aromatic carbocycles. The van der Waals surface area contributed by atoms with Gasteiger partial charge in [-0.1, -0.05) is 47.6 Å². The maximum Gasteiger partial charge on any atom is 0.458 e. The summed E-state index contributed by atoms with van der Waals surface area (Å²) in [6, 6.07) is 14.7. The molecule has 4 rings (SSSR count). The van der Waals surface area contributed by atoms with Crippen molar-refractivity contribution >= 4 is 5.71 Å². The fourth-order valence-electron chi connectivity index (χ4n) is 3.10. The number of alkyl halides is 3. The van der Waals surface area contributed by atoms with E-state index in [0.29, 0.717) is 18.7 Å². The van der Waals surface area contributed by atoms with Crippen LogP contribution >= 0.6 is 0 Å². The molecular weight excluding hydrogens is 399 g/mol. The number of nitrogens with zero attached hydrogens (tertiary/aromatic N) is 4. The van der Waals surface area contributed by atoms with E-state index in [9.17, 15) is 18.3 Å². The first kappa shape index (κ1) is 20.0. The van der Waals surface area contributed by atoms with E-state index in [0.717, 1.165) is 16.8 Å². The second-order valence-electron chi connectivity index (χ2n) is 6.86. The van der Waals surface area contributed by atoms with E-state index in [-0.39, 0.29) is 5.71 Å². The summed E-state index contributed by atoms with van der Waals surface area (Å²) in [6.45, 7) is 1.15. The molecule has 1 aromatic heterocycles. The van der Waals surface area contributed by atoms with Crippen LogP contribution in [0.5, 0.6) is 0 Å². The number of aliphatic hydroxyl groups is 1. The molecule has 0 saturated carbocycles. The second kappa shape index (κ2) is 7.88. The van der Waals surface area contributed by atoms with Gasteiger partial charge in [0.05, 0.1) is 17.8 Å². The third-order valence-corrected chi connectivity index (χ3v) is 4.75. The molecule has 1 atom stereocenters. The molecule has 0 saturated heterocycles. The number of para-hydroxylation sites is 1. The van der Waals surface area contributed by atoms with Crippen molar-refractivity contribution in [2.75, 3.05) is 0 Å². The Kier molecular flexibility index (Phi) is 5.27. The SMILES string of the molecule is OC1(C(F)(F)F)CC(c2ccc(CNCc3ccccc3-n3cncn3)cc2)=NO1. The monoisotopic (exact) mass is 417 g/mol. The van der Waals surface area contributed by atoms with Crippen molar-refractivity contribution in [3.8, 4) is 5.69 Å². The summed E-state index contributed by atoms with van der Waals surface area (Å²) in [5, 5.41) is 20.4. The smallest absolute Gasteiger partial charge is 0.350 e. The minimum Gasteiger partial charge on any atom is -0.350 e. The van der Waals surface area contributed by atoms with Gasteiger partial charge in [0.2, 0.25) is 0 Å². The van der Waals surface area contributed by atoms with Crippen molar-refractivity contribution < 1.29 is 23.1 Å². The molecule has 0 radical (unpaired) electrons. The van der Waals surface area contributed by atoms with Gasteiger partial charge in [0.25, 0.3) is 0 Å². The number of nitrogens with one attached hydrogen (secondary N) is 1. The fourth-order valence-corrected chi connectivity index (χ4v) is 3.10. The van der Waals surface area contributed by atoms with Gasteiger partial charge in [0.15, 0.2) is 0 Å². The van der Waals surface area contributed by atoms with Crippen LogP contribution in [-0.2, 0) is 17.9 Å². The van der Waals surface area contributed by atoms with Crippen LogP contribution in [-0.4, -0.2) is 37.5 Å². The number of oxime groups is 1. The Labute approximate surface area is 169 Å². The molecule has 0 aliphatic carbocycles. The molecule has 2 N–H and O–H groups in total. The minimum absolute atomic E-state index is 0.0519. The Hall–Kier alpha value is -3.24. The number of hydrogen-bond donors (Lipinski definition) is 2. The van der Waals surface area contributed by atoms with E-state index >= 15 is 0 Å². The summed E-state index contributed by atoms with van der Waals surface area (Å²) >= 11 is 0. The van der Waals surface area contributed by atoms with Gasteiger partial charge < -0.3 is 15.3 Å². The molecule has 10 heteroatoms. The minimum atomic E-state index is -4.91. The Morgan fingerprint density at radius 2 is 1.87 bits per heavy atom. The summed E-state index contributed by atoms with van der Waals surface area (Å²) in [5.41, 5.74) is 3.44. The number of aromatic nitrogens is 3. The van der Waals surface area contributed by atoms with Crippen LogP contribution in [0.2, 0.25) is 0 Å². The second-order valence-corrected chi connectivity index (χ2v) is 6.86. The third kappa shape index (κ3) is 4.05. The zero-order valence-corrected chi connectivity index (χ0v) is 15.7. The number of hydrogen-bond acceptors (Lipinski definition) is 6. The van der Waals surface area contributed by atoms with E-state index in [1.165, 1.54) is 6.33 Å². The topological polar surface area (TPSA) is 84.6 Å². The molecule has 0 fully saturated rings. The van der Waals surface area contributed by atoms with E-state index < -0.39 is 18.4 Å². The van der Waals surface area contributed by atoms with Crippen LogP contribution in [0.4, 0.5) is 13.2 Å². The summed E-state index contributed by atoms with van der Waals surface area (Å²) in [5.74, 6) is -3.26. The molecule has 1 unspecified atom stereocenters. The Balaban J connectivity index is 1.36. The normalized spacial score (nSPS) is 18.9. The fraction of sp³-hybridized carbons (Fsp3) is 0.250. The highest BCUT2D eigenvalue weighted by Crippen LogP contribution is 2.38. The molecule has 3 aromatic rings. The summed E-state index contributed by atoms with van der Waals surface area (Å²) in [7, 11) is 0. The molecule has 30 heavy (non-hydrogen) atoms. The van der Waals surface area contributed by atoms with Gasteiger partial charge in [0.1, 0.15) is 12.7 Å². The Morgan fingerprint density at radius 3 is 2.53 bits per heavy atom. The average molecular weight is 417 g/mol. The molecular formula is C20H18F3N5O2. The molecule has 1 aliphatic heterocycles. The number of benzene rings is 2. The van der Waals surface area contributed by atoms with Crippen LogP contribution in [0, 0.1) is 0 Å².